The zero-order valence-corrected chi connectivity index (χ0v) is 13.1. The van der Waals surface area contributed by atoms with Gasteiger partial charge in [-0.25, -0.2) is 8.42 Å². The van der Waals surface area contributed by atoms with Gasteiger partial charge in [0.1, 0.15) is 20.9 Å². The van der Waals surface area contributed by atoms with E-state index >= 15 is 0 Å². The predicted octanol–water partition coefficient (Wildman–Crippen LogP) is 2.14. The molecule has 0 amide bonds. The van der Waals surface area contributed by atoms with Gasteiger partial charge in [0.15, 0.2) is 0 Å². The second kappa shape index (κ2) is 5.52. The van der Waals surface area contributed by atoms with E-state index in [-0.39, 0.29) is 22.0 Å². The quantitative estimate of drug-likeness (QED) is 0.853. The van der Waals surface area contributed by atoms with Crippen LogP contribution in [0.3, 0.4) is 0 Å². The fourth-order valence-corrected chi connectivity index (χ4v) is 6.31. The number of thiophene rings is 1. The van der Waals surface area contributed by atoms with E-state index in [1.54, 1.807) is 0 Å². The van der Waals surface area contributed by atoms with Crippen LogP contribution in [0, 0.1) is 17.2 Å². The van der Waals surface area contributed by atoms with Crippen LogP contribution < -0.4 is 0 Å². The minimum atomic E-state index is -3.59. The van der Waals surface area contributed by atoms with Crippen molar-refractivity contribution in [3.63, 3.8) is 0 Å². The molecule has 1 aliphatic heterocycles. The van der Waals surface area contributed by atoms with Gasteiger partial charge in [0.2, 0.25) is 0 Å². The number of nitriles is 1. The number of carbonyl (C=O) groups excluding carboxylic acids is 1. The lowest BCUT2D eigenvalue weighted by atomic mass is 9.96. The van der Waals surface area contributed by atoms with Gasteiger partial charge in [0.05, 0.1) is 0 Å². The number of sulfonamides is 1. The van der Waals surface area contributed by atoms with Crippen LogP contribution in [0.4, 0.5) is 0 Å². The SMILES string of the molecule is N#Cc1ccc(S(=O)(=O)N2CCCC2C2CCCC2=O)s1. The molecular weight excluding hydrogens is 308 g/mol. The van der Waals surface area contributed by atoms with E-state index in [2.05, 4.69) is 0 Å². The molecule has 2 unspecified atom stereocenters. The van der Waals surface area contributed by atoms with Gasteiger partial charge in [-0.05, 0) is 37.8 Å². The van der Waals surface area contributed by atoms with Crippen molar-refractivity contribution in [1.29, 1.82) is 5.26 Å². The highest BCUT2D eigenvalue weighted by Gasteiger charge is 2.43. The van der Waals surface area contributed by atoms with E-state index < -0.39 is 10.0 Å². The molecule has 0 radical (unpaired) electrons. The monoisotopic (exact) mass is 324 g/mol. The number of rotatable bonds is 3. The molecule has 7 heteroatoms. The number of hydrogen-bond acceptors (Lipinski definition) is 5. The first-order valence-electron chi connectivity index (χ1n) is 7.08. The zero-order chi connectivity index (χ0) is 15.0. The van der Waals surface area contributed by atoms with Gasteiger partial charge in [-0.3, -0.25) is 4.79 Å². The number of hydrogen-bond donors (Lipinski definition) is 0. The number of ketones is 1. The third kappa shape index (κ3) is 2.52. The van der Waals surface area contributed by atoms with Crippen molar-refractivity contribution in [1.82, 2.24) is 4.31 Å². The molecule has 112 valence electrons. The molecule has 2 aliphatic rings. The Hall–Kier alpha value is -1.23. The van der Waals surface area contributed by atoms with Crippen molar-refractivity contribution in [3.05, 3.63) is 17.0 Å². The molecule has 3 rings (SSSR count). The summed E-state index contributed by atoms with van der Waals surface area (Å²) in [5.74, 6) is 0.0590. The Labute approximate surface area is 128 Å². The van der Waals surface area contributed by atoms with Crippen LogP contribution in [0.15, 0.2) is 16.3 Å². The molecule has 2 fully saturated rings. The average molecular weight is 324 g/mol. The summed E-state index contributed by atoms with van der Waals surface area (Å²) in [6, 6.07) is 4.79. The summed E-state index contributed by atoms with van der Waals surface area (Å²) in [5, 5.41) is 8.85. The van der Waals surface area contributed by atoms with Crippen molar-refractivity contribution >= 4 is 27.1 Å². The van der Waals surface area contributed by atoms with Gasteiger partial charge in [-0.15, -0.1) is 11.3 Å². The fraction of sp³-hybridized carbons (Fsp3) is 0.571. The summed E-state index contributed by atoms with van der Waals surface area (Å²) in [6.45, 7) is 0.469. The van der Waals surface area contributed by atoms with Crippen LogP contribution >= 0.6 is 11.3 Å². The van der Waals surface area contributed by atoms with Crippen molar-refractivity contribution in [2.75, 3.05) is 6.54 Å². The fourth-order valence-electron chi connectivity index (χ4n) is 3.35. The van der Waals surface area contributed by atoms with Crippen LogP contribution in [0.1, 0.15) is 37.0 Å². The van der Waals surface area contributed by atoms with Crippen molar-refractivity contribution in [2.45, 2.75) is 42.4 Å². The molecule has 1 aromatic rings. The van der Waals surface area contributed by atoms with Crippen LogP contribution in [0.25, 0.3) is 0 Å². The first-order chi connectivity index (χ1) is 10.0. The molecule has 21 heavy (non-hydrogen) atoms. The Morgan fingerprint density at radius 1 is 1.29 bits per heavy atom. The van der Waals surface area contributed by atoms with E-state index in [0.717, 1.165) is 37.0 Å². The zero-order valence-electron chi connectivity index (χ0n) is 11.5. The van der Waals surface area contributed by atoms with Crippen LogP contribution in [0.5, 0.6) is 0 Å². The van der Waals surface area contributed by atoms with Crippen molar-refractivity contribution < 1.29 is 13.2 Å². The first-order valence-corrected chi connectivity index (χ1v) is 9.34. The minimum absolute atomic E-state index is 0.141. The second-order valence-electron chi connectivity index (χ2n) is 5.52. The maximum Gasteiger partial charge on any atom is 0.252 e. The molecule has 1 aliphatic carbocycles. The molecule has 1 saturated heterocycles. The van der Waals surface area contributed by atoms with E-state index in [1.807, 2.05) is 6.07 Å². The van der Waals surface area contributed by atoms with Crippen LogP contribution in [0.2, 0.25) is 0 Å². The van der Waals surface area contributed by atoms with Crippen molar-refractivity contribution in [2.24, 2.45) is 5.92 Å². The topological polar surface area (TPSA) is 78.2 Å². The standard InChI is InChI=1S/C14H16N2O3S2/c15-9-10-6-7-14(20-10)21(18,19)16-8-2-4-12(16)11-3-1-5-13(11)17/h6-7,11-12H,1-5,8H2. The third-order valence-electron chi connectivity index (χ3n) is 4.32. The lowest BCUT2D eigenvalue weighted by Crippen LogP contribution is -2.41. The predicted molar refractivity (Wildman–Crippen MR) is 78.3 cm³/mol. The van der Waals surface area contributed by atoms with Crippen molar-refractivity contribution in [3.8, 4) is 6.07 Å². The molecule has 0 aromatic carbocycles. The van der Waals surface area contributed by atoms with Gasteiger partial charge >= 0.3 is 0 Å². The van der Waals surface area contributed by atoms with Gasteiger partial charge in [-0.2, -0.15) is 9.57 Å². The lowest BCUT2D eigenvalue weighted by molar-refractivity contribution is -0.121. The van der Waals surface area contributed by atoms with E-state index in [1.165, 1.54) is 16.4 Å². The Balaban J connectivity index is 1.90. The summed E-state index contributed by atoms with van der Waals surface area (Å²) < 4.78 is 27.2. The Morgan fingerprint density at radius 3 is 2.71 bits per heavy atom. The van der Waals surface area contributed by atoms with Crippen LogP contribution in [-0.2, 0) is 14.8 Å². The summed E-state index contributed by atoms with van der Waals surface area (Å²) in [6.07, 6.45) is 3.79. The van der Waals surface area contributed by atoms with E-state index in [4.69, 9.17) is 5.26 Å². The molecule has 2 atom stereocenters. The van der Waals surface area contributed by atoms with Crippen LogP contribution in [-0.4, -0.2) is 31.1 Å². The van der Waals surface area contributed by atoms with Gasteiger partial charge in [0, 0.05) is 24.9 Å². The maximum atomic E-state index is 12.8. The second-order valence-corrected chi connectivity index (χ2v) is 8.72. The molecule has 0 N–H and O–H groups in total. The summed E-state index contributed by atoms with van der Waals surface area (Å²) in [4.78, 5) is 12.3. The Bertz CT molecular complexity index is 702. The molecule has 5 nitrogen and oxygen atoms in total. The number of nitrogens with zero attached hydrogens (tertiary/aromatic N) is 2. The molecule has 1 aromatic heterocycles. The highest BCUT2D eigenvalue weighted by atomic mass is 32.2. The summed E-state index contributed by atoms with van der Waals surface area (Å²) >= 11 is 0.996. The average Bonchev–Trinajstić information content (AvgIpc) is 3.18. The highest BCUT2D eigenvalue weighted by Crippen LogP contribution is 2.37. The molecule has 2 heterocycles. The van der Waals surface area contributed by atoms with E-state index in [0.29, 0.717) is 17.8 Å². The largest absolute Gasteiger partial charge is 0.299 e. The first kappa shape index (κ1) is 14.7. The van der Waals surface area contributed by atoms with Gasteiger partial charge in [-0.1, -0.05) is 0 Å². The van der Waals surface area contributed by atoms with Gasteiger partial charge < -0.3 is 0 Å². The molecular formula is C14H16N2O3S2. The summed E-state index contributed by atoms with van der Waals surface area (Å²) in [7, 11) is -3.59. The number of carbonyl (C=O) groups is 1. The molecule has 0 bridgehead atoms. The molecule has 0 spiro atoms. The smallest absolute Gasteiger partial charge is 0.252 e. The Morgan fingerprint density at radius 2 is 2.10 bits per heavy atom. The maximum absolute atomic E-state index is 12.8. The van der Waals surface area contributed by atoms with E-state index in [9.17, 15) is 13.2 Å². The Kier molecular flexibility index (Phi) is 3.86. The third-order valence-corrected chi connectivity index (χ3v) is 7.70. The lowest BCUT2D eigenvalue weighted by Gasteiger charge is -2.27. The normalized spacial score (nSPS) is 27.1. The molecule has 1 saturated carbocycles. The number of Topliss-reactive ketones (excluding diaryl/α,β-unsaturated/α-hetero) is 1. The highest BCUT2D eigenvalue weighted by molar-refractivity contribution is 7.91. The van der Waals surface area contributed by atoms with Gasteiger partial charge in [0.25, 0.3) is 10.0 Å². The minimum Gasteiger partial charge on any atom is -0.299 e. The summed E-state index contributed by atoms with van der Waals surface area (Å²) in [5.41, 5.74) is 0.